The topological polar surface area (TPSA) is 87.5 Å². The number of halogens is 3. The summed E-state index contributed by atoms with van der Waals surface area (Å²) in [5, 5.41) is -0.0941. The highest BCUT2D eigenvalue weighted by molar-refractivity contribution is 7.89. The van der Waals surface area contributed by atoms with Crippen LogP contribution in [0.2, 0.25) is 10.0 Å². The van der Waals surface area contributed by atoms with Crippen molar-refractivity contribution in [2.45, 2.75) is 107 Å². The number of amides is 1. The highest BCUT2D eigenvalue weighted by atomic mass is 35.5. The number of imidazole rings is 1. The van der Waals surface area contributed by atoms with E-state index in [9.17, 15) is 17.6 Å². The molecule has 2 unspecified atom stereocenters. The molecule has 3 fully saturated rings. The number of benzene rings is 3. The molecule has 2 bridgehead atoms. The minimum Gasteiger partial charge on any atom is -0.338 e. The number of hydrogen-bond donors (Lipinski definition) is 1. The molecule has 0 spiro atoms. The number of fused-ring (bicyclic) bond motifs is 3. The number of aromatic nitrogens is 2. The lowest BCUT2D eigenvalue weighted by atomic mass is 9.70. The standard InChI is InChI=1S/C39H46Cl2FN5O3S/c1-25-43-32-10-5-6-11-33(32)47(25)30-23-28-12-13-29(24-30)46(28)21-18-39(26-8-7-9-27(42)22-26)16-19-45(20-17-39)37(48)35-31(40)14-15-34(36(35)41)51(49,50)44-38(2,3)4/h5-11,14-15,22,28-30,44H,12-13,16-21,23-24H2,1-4H3. The van der Waals surface area contributed by atoms with E-state index in [4.69, 9.17) is 28.2 Å². The highest BCUT2D eigenvalue weighted by Gasteiger charge is 2.44. The molecule has 1 N–H and O–H groups in total. The van der Waals surface area contributed by atoms with E-state index in [1.807, 2.05) is 12.1 Å². The van der Waals surface area contributed by atoms with Crippen molar-refractivity contribution in [3.8, 4) is 0 Å². The number of rotatable bonds is 8. The lowest BCUT2D eigenvalue weighted by Gasteiger charge is -2.45. The fourth-order valence-electron chi connectivity index (χ4n) is 8.98. The van der Waals surface area contributed by atoms with Crippen LogP contribution in [0.15, 0.2) is 65.6 Å². The number of likely N-dealkylation sites (tertiary alicyclic amines) is 1. The molecule has 51 heavy (non-hydrogen) atoms. The summed E-state index contributed by atoms with van der Waals surface area (Å²) in [6.07, 6.45) is 6.60. The maximum atomic E-state index is 14.7. The van der Waals surface area contributed by atoms with Gasteiger partial charge in [-0.25, -0.2) is 22.5 Å². The van der Waals surface area contributed by atoms with Crippen molar-refractivity contribution in [2.24, 2.45) is 0 Å². The molecule has 3 aliphatic rings. The summed E-state index contributed by atoms with van der Waals surface area (Å²) in [5.41, 5.74) is 2.11. The van der Waals surface area contributed by atoms with Crippen molar-refractivity contribution in [3.63, 3.8) is 0 Å². The maximum absolute atomic E-state index is 14.7. The Morgan fingerprint density at radius 3 is 2.33 bits per heavy atom. The number of carbonyl (C=O) groups excluding carboxylic acids is 1. The van der Waals surface area contributed by atoms with Gasteiger partial charge in [-0.15, -0.1) is 0 Å². The molecule has 3 saturated heterocycles. The minimum absolute atomic E-state index is 0.0197. The molecule has 12 heteroatoms. The average Bonchev–Trinajstić information content (AvgIpc) is 3.52. The van der Waals surface area contributed by atoms with Crippen LogP contribution in [0.1, 0.15) is 93.5 Å². The maximum Gasteiger partial charge on any atom is 0.256 e. The monoisotopic (exact) mass is 753 g/mol. The Balaban J connectivity index is 1.09. The van der Waals surface area contributed by atoms with E-state index < -0.39 is 21.5 Å². The number of nitrogens with zero attached hydrogens (tertiary/aromatic N) is 4. The van der Waals surface area contributed by atoms with Gasteiger partial charge in [-0.3, -0.25) is 9.69 Å². The van der Waals surface area contributed by atoms with Gasteiger partial charge in [0.05, 0.1) is 26.6 Å². The number of aryl methyl sites for hydroxylation is 1. The summed E-state index contributed by atoms with van der Waals surface area (Å²) >= 11 is 13.2. The van der Waals surface area contributed by atoms with Crippen LogP contribution < -0.4 is 4.72 Å². The van der Waals surface area contributed by atoms with Crippen LogP contribution in [0.25, 0.3) is 11.0 Å². The molecule has 272 valence electrons. The van der Waals surface area contributed by atoms with Gasteiger partial charge in [0.25, 0.3) is 5.91 Å². The molecule has 2 atom stereocenters. The molecule has 0 radical (unpaired) electrons. The van der Waals surface area contributed by atoms with Crippen LogP contribution in [0.3, 0.4) is 0 Å². The fraction of sp³-hybridized carbons (Fsp3) is 0.487. The summed E-state index contributed by atoms with van der Waals surface area (Å²) < 4.78 is 46.2. The van der Waals surface area contributed by atoms with Crippen LogP contribution in [-0.2, 0) is 15.4 Å². The number of piperidine rings is 2. The van der Waals surface area contributed by atoms with E-state index in [1.54, 1.807) is 37.8 Å². The second-order valence-electron chi connectivity index (χ2n) is 15.7. The molecular weight excluding hydrogens is 708 g/mol. The molecule has 1 aromatic heterocycles. The van der Waals surface area contributed by atoms with Gasteiger partial charge < -0.3 is 9.47 Å². The molecule has 3 aromatic carbocycles. The third-order valence-electron chi connectivity index (χ3n) is 11.3. The van der Waals surface area contributed by atoms with Crippen molar-refractivity contribution in [3.05, 3.63) is 93.5 Å². The SMILES string of the molecule is Cc1nc2ccccc2n1C1CC2CCC(C1)N2CCC1(c2cccc(F)c2)CCN(C(=O)c2c(Cl)ccc(S(=O)(=O)NC(C)(C)C)c2Cl)CC1. The Bertz CT molecular complexity index is 2060. The first-order valence-corrected chi connectivity index (χ1v) is 20.2. The van der Waals surface area contributed by atoms with Crippen LogP contribution in [-0.4, -0.2) is 70.9 Å². The Morgan fingerprint density at radius 1 is 0.980 bits per heavy atom. The number of sulfonamides is 1. The lowest BCUT2D eigenvalue weighted by molar-refractivity contribution is 0.0606. The zero-order valence-electron chi connectivity index (χ0n) is 29.6. The summed E-state index contributed by atoms with van der Waals surface area (Å²) in [4.78, 5) is 23.1. The fourth-order valence-corrected chi connectivity index (χ4v) is 11.3. The summed E-state index contributed by atoms with van der Waals surface area (Å²) in [6, 6.07) is 19.4. The Kier molecular flexibility index (Phi) is 9.80. The smallest absolute Gasteiger partial charge is 0.256 e. The molecule has 7 rings (SSSR count). The molecule has 4 aromatic rings. The summed E-state index contributed by atoms with van der Waals surface area (Å²) in [5.74, 6) is 0.389. The first-order chi connectivity index (χ1) is 24.2. The number of carbonyl (C=O) groups is 1. The third kappa shape index (κ3) is 7.07. The van der Waals surface area contributed by atoms with Gasteiger partial charge in [0, 0.05) is 36.8 Å². The molecular formula is C39H46Cl2FN5O3S. The van der Waals surface area contributed by atoms with Gasteiger partial charge in [-0.05, 0) is 127 Å². The second-order valence-corrected chi connectivity index (χ2v) is 18.1. The molecule has 1 amide bonds. The molecule has 0 saturated carbocycles. The largest absolute Gasteiger partial charge is 0.338 e. The van der Waals surface area contributed by atoms with Crippen LogP contribution in [0.5, 0.6) is 0 Å². The van der Waals surface area contributed by atoms with E-state index in [2.05, 4.69) is 39.3 Å². The summed E-state index contributed by atoms with van der Waals surface area (Å²) in [6.45, 7) is 9.01. The third-order valence-corrected chi connectivity index (χ3v) is 13.9. The van der Waals surface area contributed by atoms with Gasteiger partial charge in [0.1, 0.15) is 16.5 Å². The Hall–Kier alpha value is -3.02. The van der Waals surface area contributed by atoms with Gasteiger partial charge in [0.15, 0.2) is 0 Å². The van der Waals surface area contributed by atoms with E-state index in [1.165, 1.54) is 36.6 Å². The van der Waals surface area contributed by atoms with E-state index in [0.29, 0.717) is 44.1 Å². The van der Waals surface area contributed by atoms with E-state index >= 15 is 0 Å². The Labute approximate surface area is 310 Å². The predicted molar refractivity (Wildman–Crippen MR) is 201 cm³/mol. The Morgan fingerprint density at radius 2 is 1.67 bits per heavy atom. The van der Waals surface area contributed by atoms with E-state index in [-0.39, 0.29) is 31.7 Å². The molecule has 0 aliphatic carbocycles. The van der Waals surface area contributed by atoms with Crippen molar-refractivity contribution < 1.29 is 17.6 Å². The van der Waals surface area contributed by atoms with Crippen LogP contribution >= 0.6 is 23.2 Å². The zero-order chi connectivity index (χ0) is 36.3. The zero-order valence-corrected chi connectivity index (χ0v) is 32.0. The first-order valence-electron chi connectivity index (χ1n) is 17.9. The van der Waals surface area contributed by atoms with Crippen LogP contribution in [0.4, 0.5) is 4.39 Å². The number of hydrogen-bond acceptors (Lipinski definition) is 5. The quantitative estimate of drug-likeness (QED) is 0.196. The molecule has 8 nitrogen and oxygen atoms in total. The van der Waals surface area contributed by atoms with Crippen molar-refractivity contribution >= 4 is 50.2 Å². The van der Waals surface area contributed by atoms with Crippen molar-refractivity contribution in [2.75, 3.05) is 19.6 Å². The van der Waals surface area contributed by atoms with E-state index in [0.717, 1.165) is 42.7 Å². The first kappa shape index (κ1) is 36.3. The van der Waals surface area contributed by atoms with Crippen LogP contribution in [0, 0.1) is 12.7 Å². The highest BCUT2D eigenvalue weighted by Crippen LogP contribution is 2.45. The lowest BCUT2D eigenvalue weighted by Crippen LogP contribution is -2.49. The normalized spacial score (nSPS) is 22.5. The molecule has 4 heterocycles. The second kappa shape index (κ2) is 13.8. The van der Waals surface area contributed by atoms with Gasteiger partial charge >= 0.3 is 0 Å². The predicted octanol–water partition coefficient (Wildman–Crippen LogP) is 8.30. The van der Waals surface area contributed by atoms with Crippen molar-refractivity contribution in [1.82, 2.24) is 24.1 Å². The van der Waals surface area contributed by atoms with Crippen molar-refractivity contribution in [1.29, 1.82) is 0 Å². The van der Waals surface area contributed by atoms with Gasteiger partial charge in [0.2, 0.25) is 10.0 Å². The molecule has 3 aliphatic heterocycles. The minimum atomic E-state index is -4.02. The van der Waals surface area contributed by atoms with Gasteiger partial charge in [-0.1, -0.05) is 47.5 Å². The van der Waals surface area contributed by atoms with Gasteiger partial charge in [-0.2, -0.15) is 0 Å². The number of para-hydroxylation sites is 2. The number of nitrogens with one attached hydrogen (secondary N) is 1. The summed E-state index contributed by atoms with van der Waals surface area (Å²) in [7, 11) is -4.02. The average molecular weight is 755 g/mol.